The number of nitrogens with one attached hydrogen (secondary N) is 1. The first kappa shape index (κ1) is 13.8. The molecule has 0 rings (SSSR count). The Hall–Kier alpha value is -0.240. The maximum atomic E-state index is 11.5. The highest BCUT2D eigenvalue weighted by Crippen LogP contribution is 2.15. The van der Waals surface area contributed by atoms with Crippen LogP contribution in [-0.2, 0) is 4.79 Å². The zero-order valence-corrected chi connectivity index (χ0v) is 10.3. The van der Waals surface area contributed by atoms with Crippen LogP contribution in [0.4, 0.5) is 0 Å². The fourth-order valence-corrected chi connectivity index (χ4v) is 1.69. The second kappa shape index (κ2) is 7.10. The fraction of sp³-hybridized carbons (Fsp3) is 0.909. The number of alkyl halides is 1. The average molecular weight is 220 g/mol. The highest BCUT2D eigenvalue weighted by Gasteiger charge is 2.22. The van der Waals surface area contributed by atoms with E-state index >= 15 is 0 Å². The molecule has 0 heterocycles. The fourth-order valence-electron chi connectivity index (χ4n) is 1.27. The highest BCUT2D eigenvalue weighted by atomic mass is 35.5. The lowest BCUT2D eigenvalue weighted by molar-refractivity contribution is -0.123. The van der Waals surface area contributed by atoms with E-state index in [-0.39, 0.29) is 11.4 Å². The van der Waals surface area contributed by atoms with Gasteiger partial charge in [-0.25, -0.2) is 0 Å². The van der Waals surface area contributed by atoms with Crippen molar-refractivity contribution in [2.45, 2.75) is 58.4 Å². The molecule has 1 unspecified atom stereocenters. The molecular formula is C11H22ClNO. The second-order valence-corrected chi connectivity index (χ2v) is 4.38. The summed E-state index contributed by atoms with van der Waals surface area (Å²) in [6, 6.07) is 0. The van der Waals surface area contributed by atoms with Gasteiger partial charge in [0.2, 0.25) is 5.91 Å². The monoisotopic (exact) mass is 219 g/mol. The molecule has 1 N–H and O–H groups in total. The van der Waals surface area contributed by atoms with Crippen LogP contribution in [0.3, 0.4) is 0 Å². The summed E-state index contributed by atoms with van der Waals surface area (Å²) in [6.45, 7) is 6.22. The van der Waals surface area contributed by atoms with E-state index in [0.717, 1.165) is 25.7 Å². The quantitative estimate of drug-likeness (QED) is 0.656. The number of halogens is 1. The van der Waals surface area contributed by atoms with Crippen molar-refractivity contribution in [2.75, 3.05) is 5.88 Å². The van der Waals surface area contributed by atoms with Crippen LogP contribution < -0.4 is 5.32 Å². The molecule has 1 amide bonds. The van der Waals surface area contributed by atoms with E-state index in [1.54, 1.807) is 0 Å². The number of amides is 1. The van der Waals surface area contributed by atoms with Crippen LogP contribution >= 0.6 is 11.6 Å². The van der Waals surface area contributed by atoms with Crippen LogP contribution in [0, 0.1) is 0 Å². The van der Waals surface area contributed by atoms with Gasteiger partial charge in [0, 0.05) is 17.8 Å². The molecule has 0 bridgehead atoms. The van der Waals surface area contributed by atoms with Crippen LogP contribution in [0.25, 0.3) is 0 Å². The van der Waals surface area contributed by atoms with Gasteiger partial charge in [-0.05, 0) is 26.2 Å². The SMILES string of the molecule is CCCCC(=O)NC(C)(CC)CCCl. The highest BCUT2D eigenvalue weighted by molar-refractivity contribution is 6.17. The molecule has 2 nitrogen and oxygen atoms in total. The standard InChI is InChI=1S/C11H22ClNO/c1-4-6-7-10(14)13-11(3,5-2)8-9-12/h4-9H2,1-3H3,(H,13,14). The van der Waals surface area contributed by atoms with Gasteiger partial charge in [-0.15, -0.1) is 11.6 Å². The van der Waals surface area contributed by atoms with Crippen molar-refractivity contribution in [2.24, 2.45) is 0 Å². The third-order valence-corrected chi connectivity index (χ3v) is 2.81. The lowest BCUT2D eigenvalue weighted by atomic mass is 9.95. The summed E-state index contributed by atoms with van der Waals surface area (Å²) in [6.07, 6.45) is 4.42. The Morgan fingerprint density at radius 1 is 1.43 bits per heavy atom. The maximum Gasteiger partial charge on any atom is 0.220 e. The van der Waals surface area contributed by atoms with Crippen molar-refractivity contribution in [3.63, 3.8) is 0 Å². The summed E-state index contributed by atoms with van der Waals surface area (Å²) in [5.74, 6) is 0.750. The second-order valence-electron chi connectivity index (χ2n) is 4.00. The van der Waals surface area contributed by atoms with Crippen molar-refractivity contribution in [3.05, 3.63) is 0 Å². The van der Waals surface area contributed by atoms with Crippen LogP contribution in [0.15, 0.2) is 0 Å². The van der Waals surface area contributed by atoms with Crippen LogP contribution in [0.2, 0.25) is 0 Å². The van der Waals surface area contributed by atoms with E-state index in [9.17, 15) is 4.79 Å². The molecule has 3 heteroatoms. The van der Waals surface area contributed by atoms with Crippen molar-refractivity contribution < 1.29 is 4.79 Å². The normalized spacial score (nSPS) is 14.9. The number of hydrogen-bond donors (Lipinski definition) is 1. The third kappa shape index (κ3) is 5.48. The van der Waals surface area contributed by atoms with E-state index in [1.807, 2.05) is 0 Å². The van der Waals surface area contributed by atoms with E-state index in [2.05, 4.69) is 26.1 Å². The molecule has 0 aliphatic heterocycles. The van der Waals surface area contributed by atoms with Gasteiger partial charge in [0.1, 0.15) is 0 Å². The minimum absolute atomic E-state index is 0.118. The first-order valence-electron chi connectivity index (χ1n) is 5.45. The minimum atomic E-state index is -0.118. The molecule has 1 atom stereocenters. The minimum Gasteiger partial charge on any atom is -0.351 e. The first-order chi connectivity index (χ1) is 6.58. The predicted octanol–water partition coefficient (Wildman–Crippen LogP) is 3.09. The Bertz CT molecular complexity index is 173. The van der Waals surface area contributed by atoms with E-state index in [1.165, 1.54) is 0 Å². The summed E-state index contributed by atoms with van der Waals surface area (Å²) in [7, 11) is 0. The molecule has 0 fully saturated rings. The van der Waals surface area contributed by atoms with Crippen LogP contribution in [-0.4, -0.2) is 17.3 Å². The Balaban J connectivity index is 3.96. The smallest absolute Gasteiger partial charge is 0.220 e. The molecule has 14 heavy (non-hydrogen) atoms. The van der Waals surface area contributed by atoms with Gasteiger partial charge >= 0.3 is 0 Å². The molecule has 0 aromatic heterocycles. The van der Waals surface area contributed by atoms with E-state index < -0.39 is 0 Å². The topological polar surface area (TPSA) is 29.1 Å². The van der Waals surface area contributed by atoms with Gasteiger partial charge in [-0.1, -0.05) is 20.3 Å². The molecule has 0 spiro atoms. The van der Waals surface area contributed by atoms with E-state index in [4.69, 9.17) is 11.6 Å². The number of carbonyl (C=O) groups excluding carboxylic acids is 1. The van der Waals surface area contributed by atoms with Crippen LogP contribution in [0.5, 0.6) is 0 Å². The Morgan fingerprint density at radius 2 is 2.07 bits per heavy atom. The summed E-state index contributed by atoms with van der Waals surface area (Å²) in [4.78, 5) is 11.5. The number of rotatable bonds is 7. The van der Waals surface area contributed by atoms with Gasteiger partial charge in [0.25, 0.3) is 0 Å². The molecule has 0 aliphatic carbocycles. The average Bonchev–Trinajstić information content (AvgIpc) is 2.15. The van der Waals surface area contributed by atoms with Gasteiger partial charge in [-0.2, -0.15) is 0 Å². The zero-order valence-electron chi connectivity index (χ0n) is 9.53. The third-order valence-electron chi connectivity index (χ3n) is 2.63. The molecule has 0 radical (unpaired) electrons. The molecule has 0 aromatic carbocycles. The number of hydrogen-bond acceptors (Lipinski definition) is 1. The van der Waals surface area contributed by atoms with Crippen molar-refractivity contribution in [3.8, 4) is 0 Å². The molecular weight excluding hydrogens is 198 g/mol. The zero-order chi connectivity index (χ0) is 11.0. The summed E-state index contributed by atoms with van der Waals surface area (Å²) >= 11 is 5.70. The van der Waals surface area contributed by atoms with Gasteiger partial charge in [0.15, 0.2) is 0 Å². The predicted molar refractivity (Wildman–Crippen MR) is 61.7 cm³/mol. The maximum absolute atomic E-state index is 11.5. The molecule has 0 saturated heterocycles. The Morgan fingerprint density at radius 3 is 2.50 bits per heavy atom. The van der Waals surface area contributed by atoms with Crippen molar-refractivity contribution >= 4 is 17.5 Å². The van der Waals surface area contributed by atoms with Gasteiger partial charge in [-0.3, -0.25) is 4.79 Å². The molecule has 84 valence electrons. The Kier molecular flexibility index (Phi) is 6.98. The van der Waals surface area contributed by atoms with Crippen LogP contribution in [0.1, 0.15) is 52.9 Å². The largest absolute Gasteiger partial charge is 0.351 e. The molecule has 0 saturated carbocycles. The first-order valence-corrected chi connectivity index (χ1v) is 5.98. The summed E-state index contributed by atoms with van der Waals surface area (Å²) in [5.41, 5.74) is -0.118. The summed E-state index contributed by atoms with van der Waals surface area (Å²) < 4.78 is 0. The molecule has 0 aromatic rings. The van der Waals surface area contributed by atoms with E-state index in [0.29, 0.717) is 12.3 Å². The van der Waals surface area contributed by atoms with Gasteiger partial charge < -0.3 is 5.32 Å². The molecule has 0 aliphatic rings. The summed E-state index contributed by atoms with van der Waals surface area (Å²) in [5, 5.41) is 3.06. The lowest BCUT2D eigenvalue weighted by Gasteiger charge is -2.29. The van der Waals surface area contributed by atoms with Crippen molar-refractivity contribution in [1.82, 2.24) is 5.32 Å². The van der Waals surface area contributed by atoms with Gasteiger partial charge in [0.05, 0.1) is 0 Å². The lowest BCUT2D eigenvalue weighted by Crippen LogP contribution is -2.45. The Labute approximate surface area is 92.4 Å². The number of carbonyl (C=O) groups is 1. The van der Waals surface area contributed by atoms with Crippen molar-refractivity contribution in [1.29, 1.82) is 0 Å². The number of unbranched alkanes of at least 4 members (excludes halogenated alkanes) is 1.